The largest absolute Gasteiger partial charge is 0.748 e. The van der Waals surface area contributed by atoms with Gasteiger partial charge in [-0.1, -0.05) is 33.3 Å². The zero-order chi connectivity index (χ0) is 19.3. The summed E-state index contributed by atoms with van der Waals surface area (Å²) in [6, 6.07) is 0.108. The zero-order valence-corrected chi connectivity index (χ0v) is 16.9. The fraction of sp³-hybridized carbons (Fsp3) is 0.833. The van der Waals surface area contributed by atoms with Crippen LogP contribution in [0.5, 0.6) is 0 Å². The van der Waals surface area contributed by atoms with Crippen LogP contribution >= 0.6 is 0 Å². The minimum Gasteiger partial charge on any atom is -0.748 e. The van der Waals surface area contributed by atoms with Crippen molar-refractivity contribution in [2.24, 2.45) is 0 Å². The highest BCUT2D eigenvalue weighted by Crippen LogP contribution is 2.22. The second-order valence-corrected chi connectivity index (χ2v) is 8.37. The maximum Gasteiger partial charge on any atom is 0.243 e. The average Bonchev–Trinajstić information content (AvgIpc) is 2.57. The van der Waals surface area contributed by atoms with Crippen molar-refractivity contribution in [3.8, 4) is 0 Å². The highest BCUT2D eigenvalue weighted by Gasteiger charge is 2.32. The lowest BCUT2D eigenvalue weighted by atomic mass is 10.1. The molecule has 0 bridgehead atoms. The molecule has 25 heavy (non-hydrogen) atoms. The number of carbonyl (C=O) groups excluding carboxylic acids is 1. The van der Waals surface area contributed by atoms with Crippen molar-refractivity contribution >= 4 is 16.0 Å². The van der Waals surface area contributed by atoms with E-state index in [9.17, 15) is 17.8 Å². The third kappa shape index (κ3) is 10.6. The fourth-order valence-electron chi connectivity index (χ4n) is 3.21. The van der Waals surface area contributed by atoms with E-state index >= 15 is 0 Å². The van der Waals surface area contributed by atoms with Crippen molar-refractivity contribution < 1.29 is 22.2 Å². The Kier molecular flexibility index (Phi) is 12.0. The van der Waals surface area contributed by atoms with Crippen LogP contribution in [0.1, 0.15) is 59.3 Å². The number of carbonyl (C=O) groups is 1. The maximum absolute atomic E-state index is 11.3. The first kappa shape index (κ1) is 24.1. The van der Waals surface area contributed by atoms with E-state index in [1.165, 1.54) is 6.08 Å². The van der Waals surface area contributed by atoms with Gasteiger partial charge in [0.25, 0.3) is 0 Å². The van der Waals surface area contributed by atoms with Crippen LogP contribution in [0.3, 0.4) is 0 Å². The number of quaternary nitrogens is 1. The zero-order valence-electron chi connectivity index (χ0n) is 16.1. The SMILES string of the molecule is C=CC(=O)NCCC[N+](CCCC)(CCCC)C(C)CCS(=O)(=O)[O-]. The molecule has 0 aliphatic heterocycles. The molecule has 0 fully saturated rings. The molecule has 1 atom stereocenters. The van der Waals surface area contributed by atoms with E-state index in [2.05, 4.69) is 32.7 Å². The van der Waals surface area contributed by atoms with Crippen molar-refractivity contribution in [2.75, 3.05) is 31.9 Å². The molecule has 6 nitrogen and oxygen atoms in total. The van der Waals surface area contributed by atoms with Crippen LogP contribution in [0.4, 0.5) is 0 Å². The summed E-state index contributed by atoms with van der Waals surface area (Å²) >= 11 is 0. The third-order valence-corrected chi connectivity index (χ3v) is 5.64. The molecule has 0 aliphatic carbocycles. The van der Waals surface area contributed by atoms with Gasteiger partial charge in [0.1, 0.15) is 0 Å². The predicted octanol–water partition coefficient (Wildman–Crippen LogP) is 2.42. The Balaban J connectivity index is 5.04. The topological polar surface area (TPSA) is 86.3 Å². The van der Waals surface area contributed by atoms with E-state index in [4.69, 9.17) is 0 Å². The van der Waals surface area contributed by atoms with Crippen molar-refractivity contribution in [2.45, 2.75) is 65.3 Å². The lowest BCUT2D eigenvalue weighted by Gasteiger charge is -2.44. The second kappa shape index (κ2) is 12.4. The Hall–Kier alpha value is -0.920. The Bertz CT molecular complexity index is 483. The molecule has 0 aromatic carbocycles. The van der Waals surface area contributed by atoms with Crippen molar-refractivity contribution in [3.05, 3.63) is 12.7 Å². The summed E-state index contributed by atoms with van der Waals surface area (Å²) in [5.74, 6) is -0.481. The van der Waals surface area contributed by atoms with E-state index in [1.54, 1.807) is 0 Å². The molecule has 0 saturated heterocycles. The lowest BCUT2D eigenvalue weighted by molar-refractivity contribution is -0.950. The Morgan fingerprint density at radius 3 is 2.12 bits per heavy atom. The molecule has 7 heteroatoms. The molecule has 0 saturated carbocycles. The summed E-state index contributed by atoms with van der Waals surface area (Å²) in [4.78, 5) is 11.3. The number of amides is 1. The standard InChI is InChI=1S/C18H36N2O4S/c1-5-8-13-20(14-9-6-2,15-10-12-19-18(21)7-3)17(4)11-16-25(22,23)24/h7,17H,3,5-6,8-16H2,1-2,4H3,(H-,19,21,22,23,24). The molecular weight excluding hydrogens is 340 g/mol. The Morgan fingerprint density at radius 2 is 1.68 bits per heavy atom. The number of hydrogen-bond acceptors (Lipinski definition) is 4. The molecule has 0 aromatic rings. The molecule has 0 aromatic heterocycles. The smallest absolute Gasteiger partial charge is 0.243 e. The lowest BCUT2D eigenvalue weighted by Crippen LogP contribution is -2.56. The molecule has 0 radical (unpaired) electrons. The predicted molar refractivity (Wildman–Crippen MR) is 101 cm³/mol. The second-order valence-electron chi connectivity index (χ2n) is 6.84. The van der Waals surface area contributed by atoms with Crippen LogP contribution in [-0.2, 0) is 14.9 Å². The average molecular weight is 377 g/mol. The van der Waals surface area contributed by atoms with Gasteiger partial charge in [-0.05, 0) is 25.8 Å². The van der Waals surface area contributed by atoms with Crippen molar-refractivity contribution in [1.82, 2.24) is 5.32 Å². The summed E-state index contributed by atoms with van der Waals surface area (Å²) in [5, 5.41) is 2.80. The van der Waals surface area contributed by atoms with Gasteiger partial charge < -0.3 is 14.4 Å². The fourth-order valence-corrected chi connectivity index (χ4v) is 3.84. The summed E-state index contributed by atoms with van der Waals surface area (Å²) in [7, 11) is -4.19. The first-order chi connectivity index (χ1) is 11.7. The van der Waals surface area contributed by atoms with Gasteiger partial charge in [-0.3, -0.25) is 4.79 Å². The van der Waals surface area contributed by atoms with Crippen LogP contribution in [0, 0.1) is 0 Å². The summed E-state index contributed by atoms with van der Waals surface area (Å²) in [6.45, 7) is 13.2. The summed E-state index contributed by atoms with van der Waals surface area (Å²) < 4.78 is 33.9. The molecule has 1 amide bonds. The molecule has 148 valence electrons. The number of nitrogens with zero attached hydrogens (tertiary/aromatic N) is 1. The van der Waals surface area contributed by atoms with E-state index < -0.39 is 10.1 Å². The quantitative estimate of drug-likeness (QED) is 0.206. The first-order valence-corrected chi connectivity index (χ1v) is 11.0. The monoisotopic (exact) mass is 376 g/mol. The highest BCUT2D eigenvalue weighted by atomic mass is 32.2. The van der Waals surface area contributed by atoms with Gasteiger partial charge in [0.15, 0.2) is 0 Å². The van der Waals surface area contributed by atoms with Crippen LogP contribution < -0.4 is 5.32 Å². The van der Waals surface area contributed by atoms with E-state index in [0.29, 0.717) is 13.0 Å². The molecule has 1 N–H and O–H groups in total. The van der Waals surface area contributed by atoms with Crippen LogP contribution in [0.15, 0.2) is 12.7 Å². The minimum atomic E-state index is -4.19. The van der Waals surface area contributed by atoms with E-state index in [1.807, 2.05) is 0 Å². The van der Waals surface area contributed by atoms with E-state index in [0.717, 1.165) is 56.2 Å². The molecule has 0 rings (SSSR count). The van der Waals surface area contributed by atoms with Crippen molar-refractivity contribution in [1.29, 1.82) is 0 Å². The van der Waals surface area contributed by atoms with Gasteiger partial charge >= 0.3 is 0 Å². The van der Waals surface area contributed by atoms with Crippen LogP contribution in [-0.4, -0.2) is 61.3 Å². The Labute approximate surface area is 154 Å². The van der Waals surface area contributed by atoms with Gasteiger partial charge in [0.2, 0.25) is 5.91 Å². The van der Waals surface area contributed by atoms with E-state index in [-0.39, 0.29) is 17.7 Å². The number of nitrogens with one attached hydrogen (secondary N) is 1. The molecule has 0 spiro atoms. The number of rotatable bonds is 15. The molecule has 0 heterocycles. The van der Waals surface area contributed by atoms with Crippen LogP contribution in [0.2, 0.25) is 0 Å². The number of hydrogen-bond donors (Lipinski definition) is 1. The first-order valence-electron chi connectivity index (χ1n) is 9.40. The van der Waals surface area contributed by atoms with Crippen LogP contribution in [0.25, 0.3) is 0 Å². The summed E-state index contributed by atoms with van der Waals surface area (Å²) in [5.41, 5.74) is 0. The van der Waals surface area contributed by atoms with Gasteiger partial charge in [-0.25, -0.2) is 8.42 Å². The van der Waals surface area contributed by atoms with Gasteiger partial charge in [-0.15, -0.1) is 0 Å². The van der Waals surface area contributed by atoms with Gasteiger partial charge in [0, 0.05) is 25.1 Å². The normalized spacial score (nSPS) is 13.4. The highest BCUT2D eigenvalue weighted by molar-refractivity contribution is 7.85. The molecular formula is C18H36N2O4S. The van der Waals surface area contributed by atoms with Gasteiger partial charge in [-0.2, -0.15) is 0 Å². The Morgan fingerprint density at radius 1 is 1.16 bits per heavy atom. The molecule has 0 aliphatic rings. The maximum atomic E-state index is 11.3. The summed E-state index contributed by atoms with van der Waals surface area (Å²) in [6.07, 6.45) is 6.75. The molecule has 1 unspecified atom stereocenters. The third-order valence-electron chi connectivity index (χ3n) is 4.90. The van der Waals surface area contributed by atoms with Crippen molar-refractivity contribution in [3.63, 3.8) is 0 Å². The number of unbranched alkanes of at least 4 members (excludes halogenated alkanes) is 2. The van der Waals surface area contributed by atoms with Gasteiger partial charge in [0.05, 0.1) is 35.8 Å². The minimum absolute atomic E-state index is 0.108.